The fraction of sp³-hybridized carbons (Fsp3) is 0.269. The minimum Gasteiger partial charge on any atom is -0.361 e. The summed E-state index contributed by atoms with van der Waals surface area (Å²) in [6.45, 7) is 7.99. The van der Waals surface area contributed by atoms with Gasteiger partial charge in [0.25, 0.3) is 0 Å². The van der Waals surface area contributed by atoms with E-state index in [1.165, 1.54) is 6.20 Å². The van der Waals surface area contributed by atoms with Gasteiger partial charge in [-0.25, -0.2) is 15.0 Å². The topological polar surface area (TPSA) is 99.0 Å². The first-order valence-electron chi connectivity index (χ1n) is 11.6. The number of nitrogens with one attached hydrogen (secondary N) is 1. The third-order valence-electron chi connectivity index (χ3n) is 5.50. The summed E-state index contributed by atoms with van der Waals surface area (Å²) in [6, 6.07) is 13.2. The van der Waals surface area contributed by atoms with Crippen LogP contribution in [0.15, 0.2) is 61.1 Å². The van der Waals surface area contributed by atoms with Crippen LogP contribution in [0, 0.1) is 0 Å². The van der Waals surface area contributed by atoms with E-state index < -0.39 is 8.07 Å². The summed E-state index contributed by atoms with van der Waals surface area (Å²) in [7, 11) is -1.17. The van der Waals surface area contributed by atoms with E-state index in [-0.39, 0.29) is 23.9 Å². The molecule has 0 aliphatic heterocycles. The fourth-order valence-corrected chi connectivity index (χ4v) is 4.31. The molecule has 0 radical (unpaired) electrons. The summed E-state index contributed by atoms with van der Waals surface area (Å²) in [5, 5.41) is 4.18. The predicted octanol–water partition coefficient (Wildman–Crippen LogP) is 5.20. The van der Waals surface area contributed by atoms with E-state index in [0.717, 1.165) is 17.0 Å². The highest BCUT2D eigenvalue weighted by Gasteiger charge is 2.16. The molecular formula is C26H28ClN5O3Si. The number of pyridine rings is 1. The molecule has 0 aliphatic carbocycles. The molecule has 0 spiro atoms. The Balaban J connectivity index is 1.39. The molecule has 0 saturated heterocycles. The number of aromatic nitrogens is 4. The number of halogens is 1. The van der Waals surface area contributed by atoms with Crippen molar-refractivity contribution < 1.29 is 14.3 Å². The number of ether oxygens (including phenoxy) is 1. The Bertz CT molecular complexity index is 1370. The number of benzene rings is 1. The molecule has 0 bridgehead atoms. The van der Waals surface area contributed by atoms with Gasteiger partial charge in [0.1, 0.15) is 18.2 Å². The second-order valence-electron chi connectivity index (χ2n) is 9.72. The van der Waals surface area contributed by atoms with Crippen LogP contribution in [-0.2, 0) is 22.7 Å². The number of nitrogens with zero attached hydrogens (tertiary/aromatic N) is 4. The van der Waals surface area contributed by atoms with Gasteiger partial charge in [0, 0.05) is 49.2 Å². The van der Waals surface area contributed by atoms with Crippen LogP contribution in [0.5, 0.6) is 0 Å². The van der Waals surface area contributed by atoms with Gasteiger partial charge in [-0.15, -0.1) is 0 Å². The van der Waals surface area contributed by atoms with Crippen molar-refractivity contribution in [2.24, 2.45) is 0 Å². The van der Waals surface area contributed by atoms with Crippen molar-refractivity contribution in [1.82, 2.24) is 19.5 Å². The van der Waals surface area contributed by atoms with Crippen LogP contribution in [0.1, 0.15) is 21.7 Å². The highest BCUT2D eigenvalue weighted by atomic mass is 35.5. The third-order valence-corrected chi connectivity index (χ3v) is 7.46. The standard InChI is InChI=1S/C26H28ClN5O3Si/c1-36(2,3)13-12-35-17-32-11-10-20-16-29-25(31-26(20)32)24(34)19-6-9-22(28-15-19)30-23(33)14-18-4-7-21(27)8-5-18/h4-11,15-16H,12-14,17H2,1-3H3,(H,28,30,33). The number of carbonyl (C=O) groups excluding carboxylic acids is 2. The molecule has 0 unspecified atom stereocenters. The van der Waals surface area contributed by atoms with Crippen LogP contribution in [-0.4, -0.2) is 45.9 Å². The van der Waals surface area contributed by atoms with E-state index in [2.05, 4.69) is 39.9 Å². The summed E-state index contributed by atoms with van der Waals surface area (Å²) >= 11 is 5.88. The Morgan fingerprint density at radius 3 is 2.50 bits per heavy atom. The van der Waals surface area contributed by atoms with Crippen molar-refractivity contribution in [3.05, 3.63) is 83.0 Å². The number of carbonyl (C=O) groups is 2. The van der Waals surface area contributed by atoms with Crippen molar-refractivity contribution in [2.75, 3.05) is 11.9 Å². The second-order valence-corrected chi connectivity index (χ2v) is 15.8. The van der Waals surface area contributed by atoms with E-state index in [0.29, 0.717) is 35.4 Å². The second kappa shape index (κ2) is 11.1. The molecule has 1 aromatic carbocycles. The first-order valence-corrected chi connectivity index (χ1v) is 15.7. The van der Waals surface area contributed by atoms with Crippen LogP contribution in [0.3, 0.4) is 0 Å². The summed E-state index contributed by atoms with van der Waals surface area (Å²) in [4.78, 5) is 38.2. The molecule has 4 aromatic rings. The summed E-state index contributed by atoms with van der Waals surface area (Å²) < 4.78 is 7.71. The number of amides is 1. The Morgan fingerprint density at radius 2 is 1.81 bits per heavy atom. The molecule has 10 heteroatoms. The molecule has 1 N–H and O–H groups in total. The first-order chi connectivity index (χ1) is 17.2. The lowest BCUT2D eigenvalue weighted by Crippen LogP contribution is -2.22. The van der Waals surface area contributed by atoms with Crippen molar-refractivity contribution in [1.29, 1.82) is 0 Å². The lowest BCUT2D eigenvalue weighted by atomic mass is 10.1. The molecule has 0 atom stereocenters. The van der Waals surface area contributed by atoms with Gasteiger partial charge in [-0.2, -0.15) is 0 Å². The van der Waals surface area contributed by atoms with E-state index in [4.69, 9.17) is 16.3 Å². The van der Waals surface area contributed by atoms with Crippen molar-refractivity contribution in [3.63, 3.8) is 0 Å². The highest BCUT2D eigenvalue weighted by molar-refractivity contribution is 6.76. The average Bonchev–Trinajstić information content (AvgIpc) is 3.25. The maximum Gasteiger partial charge on any atom is 0.231 e. The smallest absolute Gasteiger partial charge is 0.231 e. The van der Waals surface area contributed by atoms with Gasteiger partial charge in [-0.3, -0.25) is 9.59 Å². The molecule has 1 amide bonds. The largest absolute Gasteiger partial charge is 0.361 e. The molecule has 0 fully saturated rings. The Hall–Kier alpha value is -3.40. The van der Waals surface area contributed by atoms with E-state index in [1.807, 2.05) is 16.8 Å². The van der Waals surface area contributed by atoms with Crippen molar-refractivity contribution in [3.8, 4) is 0 Å². The number of fused-ring (bicyclic) bond motifs is 1. The molecule has 4 rings (SSSR count). The van der Waals surface area contributed by atoms with Gasteiger partial charge in [0.2, 0.25) is 17.5 Å². The summed E-state index contributed by atoms with van der Waals surface area (Å²) in [5.41, 5.74) is 1.80. The monoisotopic (exact) mass is 521 g/mol. The van der Waals surface area contributed by atoms with Crippen LogP contribution >= 0.6 is 11.6 Å². The quantitative estimate of drug-likeness (QED) is 0.175. The van der Waals surface area contributed by atoms with Crippen LogP contribution in [0.4, 0.5) is 5.82 Å². The van der Waals surface area contributed by atoms with Crippen LogP contribution in [0.2, 0.25) is 30.7 Å². The van der Waals surface area contributed by atoms with E-state index >= 15 is 0 Å². The van der Waals surface area contributed by atoms with Crippen LogP contribution in [0.25, 0.3) is 11.0 Å². The maximum absolute atomic E-state index is 13.0. The Morgan fingerprint density at radius 1 is 1.03 bits per heavy atom. The minimum atomic E-state index is -1.17. The van der Waals surface area contributed by atoms with Crippen molar-refractivity contribution >= 4 is 48.2 Å². The maximum atomic E-state index is 13.0. The van der Waals surface area contributed by atoms with Crippen molar-refractivity contribution in [2.45, 2.75) is 38.8 Å². The summed E-state index contributed by atoms with van der Waals surface area (Å²) in [5.74, 6) is -0.140. The normalized spacial score (nSPS) is 11.6. The zero-order chi connectivity index (χ0) is 25.7. The van der Waals surface area contributed by atoms with E-state index in [9.17, 15) is 9.59 Å². The first kappa shape index (κ1) is 25.7. The lowest BCUT2D eigenvalue weighted by Gasteiger charge is -2.15. The van der Waals surface area contributed by atoms with Gasteiger partial charge in [0.05, 0.1) is 6.42 Å². The predicted molar refractivity (Wildman–Crippen MR) is 143 cm³/mol. The van der Waals surface area contributed by atoms with Gasteiger partial charge in [0.15, 0.2) is 0 Å². The molecule has 0 aliphatic rings. The summed E-state index contributed by atoms with van der Waals surface area (Å²) in [6.07, 6.45) is 5.11. The van der Waals surface area contributed by atoms with Gasteiger partial charge in [-0.1, -0.05) is 43.4 Å². The number of ketones is 1. The van der Waals surface area contributed by atoms with Gasteiger partial charge < -0.3 is 14.6 Å². The average molecular weight is 522 g/mol. The molecule has 3 heterocycles. The zero-order valence-electron chi connectivity index (χ0n) is 20.5. The SMILES string of the molecule is C[Si](C)(C)CCOCn1ccc2cnc(C(=O)c3ccc(NC(=O)Cc4ccc(Cl)cc4)nc3)nc21. The van der Waals surface area contributed by atoms with Gasteiger partial charge >= 0.3 is 0 Å². The Kier molecular flexibility index (Phi) is 7.93. The van der Waals surface area contributed by atoms with Crippen LogP contribution < -0.4 is 5.32 Å². The lowest BCUT2D eigenvalue weighted by molar-refractivity contribution is -0.115. The number of hydrogen-bond acceptors (Lipinski definition) is 6. The highest BCUT2D eigenvalue weighted by Crippen LogP contribution is 2.16. The molecule has 36 heavy (non-hydrogen) atoms. The third kappa shape index (κ3) is 6.84. The molecule has 8 nitrogen and oxygen atoms in total. The molecule has 186 valence electrons. The molecular weight excluding hydrogens is 494 g/mol. The zero-order valence-corrected chi connectivity index (χ0v) is 22.2. The van der Waals surface area contributed by atoms with Gasteiger partial charge in [-0.05, 0) is 41.9 Å². The molecule has 3 aromatic heterocycles. The fourth-order valence-electron chi connectivity index (χ4n) is 3.43. The number of anilines is 1. The van der Waals surface area contributed by atoms with E-state index in [1.54, 1.807) is 42.6 Å². The Labute approximate surface area is 215 Å². The molecule has 0 saturated carbocycles. The number of hydrogen-bond donors (Lipinski definition) is 1. The number of rotatable bonds is 10. The minimum absolute atomic E-state index is 0.0749.